The van der Waals surface area contributed by atoms with Crippen molar-refractivity contribution in [2.75, 3.05) is 19.2 Å². The van der Waals surface area contributed by atoms with Crippen LogP contribution in [0.2, 0.25) is 0 Å². The molecule has 0 saturated heterocycles. The maximum Gasteiger partial charge on any atom is 0.337 e. The SMILES string of the molecule is COC(=O)c1ccc2c(c1)NC(=O)/C2=C/c1cccc2c1OCO2. The maximum absolute atomic E-state index is 12.3. The molecule has 0 unspecified atom stereocenters. The quantitative estimate of drug-likeness (QED) is 0.679. The van der Waals surface area contributed by atoms with Crippen molar-refractivity contribution in [2.45, 2.75) is 0 Å². The number of amides is 1. The Kier molecular flexibility index (Phi) is 3.23. The average molecular weight is 323 g/mol. The monoisotopic (exact) mass is 323 g/mol. The van der Waals surface area contributed by atoms with E-state index in [2.05, 4.69) is 5.32 Å². The normalized spacial score (nSPS) is 16.0. The highest BCUT2D eigenvalue weighted by atomic mass is 16.7. The Hall–Kier alpha value is -3.28. The third-order valence-electron chi connectivity index (χ3n) is 3.95. The van der Waals surface area contributed by atoms with Gasteiger partial charge >= 0.3 is 5.97 Å². The first-order valence-corrected chi connectivity index (χ1v) is 7.32. The second kappa shape index (κ2) is 5.42. The maximum atomic E-state index is 12.3. The van der Waals surface area contributed by atoms with E-state index in [1.807, 2.05) is 18.2 Å². The number of benzene rings is 2. The lowest BCUT2D eigenvalue weighted by Crippen LogP contribution is -2.04. The summed E-state index contributed by atoms with van der Waals surface area (Å²) in [5, 5.41) is 2.77. The molecule has 0 fully saturated rings. The number of nitrogens with one attached hydrogen (secondary N) is 1. The van der Waals surface area contributed by atoms with E-state index < -0.39 is 5.97 Å². The zero-order chi connectivity index (χ0) is 16.7. The second-order valence-corrected chi connectivity index (χ2v) is 5.35. The molecule has 0 bridgehead atoms. The van der Waals surface area contributed by atoms with Gasteiger partial charge in [0.05, 0.1) is 12.7 Å². The summed E-state index contributed by atoms with van der Waals surface area (Å²) in [6, 6.07) is 10.5. The third-order valence-corrected chi connectivity index (χ3v) is 3.95. The van der Waals surface area contributed by atoms with Crippen LogP contribution in [0.15, 0.2) is 36.4 Å². The van der Waals surface area contributed by atoms with Gasteiger partial charge in [-0.05, 0) is 24.3 Å². The van der Waals surface area contributed by atoms with Crippen LogP contribution in [0.4, 0.5) is 5.69 Å². The van der Waals surface area contributed by atoms with E-state index in [-0.39, 0.29) is 12.7 Å². The van der Waals surface area contributed by atoms with E-state index in [4.69, 9.17) is 14.2 Å². The molecular weight excluding hydrogens is 310 g/mol. The second-order valence-electron chi connectivity index (χ2n) is 5.35. The lowest BCUT2D eigenvalue weighted by Gasteiger charge is -2.04. The molecule has 0 saturated carbocycles. The summed E-state index contributed by atoms with van der Waals surface area (Å²) in [5.41, 5.74) is 2.96. The zero-order valence-electron chi connectivity index (χ0n) is 12.8. The number of fused-ring (bicyclic) bond motifs is 2. The average Bonchev–Trinajstić information content (AvgIpc) is 3.19. The number of rotatable bonds is 2. The highest BCUT2D eigenvalue weighted by molar-refractivity contribution is 6.35. The van der Waals surface area contributed by atoms with Crippen LogP contribution < -0.4 is 14.8 Å². The molecule has 0 radical (unpaired) electrons. The predicted molar refractivity (Wildman–Crippen MR) is 86.8 cm³/mol. The Balaban J connectivity index is 1.78. The van der Waals surface area contributed by atoms with Crippen molar-refractivity contribution < 1.29 is 23.8 Å². The lowest BCUT2D eigenvalue weighted by atomic mass is 10.0. The van der Waals surface area contributed by atoms with Gasteiger partial charge in [0.1, 0.15) is 0 Å². The topological polar surface area (TPSA) is 73.9 Å². The lowest BCUT2D eigenvalue weighted by molar-refractivity contribution is -0.110. The van der Waals surface area contributed by atoms with Crippen molar-refractivity contribution in [1.29, 1.82) is 0 Å². The summed E-state index contributed by atoms with van der Waals surface area (Å²) in [5.74, 6) is 0.598. The largest absolute Gasteiger partial charge is 0.465 e. The highest BCUT2D eigenvalue weighted by Gasteiger charge is 2.26. The number of methoxy groups -OCH3 is 1. The van der Waals surface area contributed by atoms with E-state index >= 15 is 0 Å². The molecule has 4 rings (SSSR count). The number of anilines is 1. The van der Waals surface area contributed by atoms with Gasteiger partial charge in [-0.3, -0.25) is 4.79 Å². The van der Waals surface area contributed by atoms with E-state index in [9.17, 15) is 9.59 Å². The van der Waals surface area contributed by atoms with Gasteiger partial charge in [0.2, 0.25) is 6.79 Å². The Morgan fingerprint density at radius 2 is 2.12 bits per heavy atom. The molecule has 2 aliphatic rings. The summed E-state index contributed by atoms with van der Waals surface area (Å²) in [6.07, 6.45) is 1.76. The number of hydrogen-bond donors (Lipinski definition) is 1. The van der Waals surface area contributed by atoms with Crippen LogP contribution in [0.3, 0.4) is 0 Å². The minimum atomic E-state index is -0.448. The number of carbonyl (C=O) groups is 2. The van der Waals surface area contributed by atoms with Crippen molar-refractivity contribution in [3.8, 4) is 11.5 Å². The van der Waals surface area contributed by atoms with Gasteiger partial charge in [0, 0.05) is 22.4 Å². The van der Waals surface area contributed by atoms with Crippen LogP contribution in [0.1, 0.15) is 21.5 Å². The summed E-state index contributed by atoms with van der Waals surface area (Å²) in [6.45, 7) is 0.167. The molecule has 1 N–H and O–H groups in total. The van der Waals surface area contributed by atoms with E-state index in [1.54, 1.807) is 24.3 Å². The van der Waals surface area contributed by atoms with Gasteiger partial charge in [0.25, 0.3) is 5.91 Å². The van der Waals surface area contributed by atoms with Gasteiger partial charge in [-0.2, -0.15) is 0 Å². The van der Waals surface area contributed by atoms with Crippen LogP contribution in [0.25, 0.3) is 11.6 Å². The number of carbonyl (C=O) groups excluding carboxylic acids is 2. The minimum absolute atomic E-state index is 0.167. The van der Waals surface area contributed by atoms with Crippen LogP contribution >= 0.6 is 0 Å². The zero-order valence-corrected chi connectivity index (χ0v) is 12.8. The third kappa shape index (κ3) is 2.20. The van der Waals surface area contributed by atoms with E-state index in [1.165, 1.54) is 7.11 Å². The Morgan fingerprint density at radius 1 is 1.25 bits per heavy atom. The van der Waals surface area contributed by atoms with Gasteiger partial charge in [0.15, 0.2) is 11.5 Å². The van der Waals surface area contributed by atoms with Crippen LogP contribution in [0, 0.1) is 0 Å². The van der Waals surface area contributed by atoms with Crippen LogP contribution in [0.5, 0.6) is 11.5 Å². The molecule has 120 valence electrons. The van der Waals surface area contributed by atoms with Crippen molar-refractivity contribution in [1.82, 2.24) is 0 Å². The summed E-state index contributed by atoms with van der Waals surface area (Å²) in [4.78, 5) is 23.9. The van der Waals surface area contributed by atoms with Gasteiger partial charge in [-0.25, -0.2) is 4.79 Å². The molecule has 6 heteroatoms. The molecular formula is C18H13NO5. The molecule has 0 aliphatic carbocycles. The summed E-state index contributed by atoms with van der Waals surface area (Å²) < 4.78 is 15.5. The first-order chi connectivity index (χ1) is 11.7. The molecule has 2 aromatic rings. The molecule has 0 aromatic heterocycles. The molecule has 0 spiro atoms. The summed E-state index contributed by atoms with van der Waals surface area (Å²) >= 11 is 0. The Labute approximate surface area is 137 Å². The smallest absolute Gasteiger partial charge is 0.337 e. The molecule has 2 aromatic carbocycles. The first kappa shape index (κ1) is 14.3. The standard InChI is InChI=1S/C18H13NO5/c1-22-18(21)11-5-6-12-13(17(20)19-14(12)8-11)7-10-3-2-4-15-16(10)24-9-23-15/h2-8H,9H2,1H3,(H,19,20)/b13-7+. The fraction of sp³-hybridized carbons (Fsp3) is 0.111. The van der Waals surface area contributed by atoms with Gasteiger partial charge < -0.3 is 19.5 Å². The van der Waals surface area contributed by atoms with Crippen molar-refractivity contribution in [3.05, 3.63) is 53.1 Å². The Morgan fingerprint density at radius 3 is 2.96 bits per heavy atom. The number of para-hydroxylation sites is 1. The van der Waals surface area contributed by atoms with Crippen molar-refractivity contribution in [3.63, 3.8) is 0 Å². The van der Waals surface area contributed by atoms with Crippen LogP contribution in [-0.4, -0.2) is 25.8 Å². The molecule has 24 heavy (non-hydrogen) atoms. The fourth-order valence-corrected chi connectivity index (χ4v) is 2.80. The van der Waals surface area contributed by atoms with Crippen LogP contribution in [-0.2, 0) is 9.53 Å². The molecule has 2 heterocycles. The Bertz CT molecular complexity index is 900. The number of esters is 1. The first-order valence-electron chi connectivity index (χ1n) is 7.32. The van der Waals surface area contributed by atoms with Gasteiger partial charge in [-0.1, -0.05) is 18.2 Å². The molecule has 0 atom stereocenters. The molecule has 2 aliphatic heterocycles. The molecule has 1 amide bonds. The molecule has 6 nitrogen and oxygen atoms in total. The predicted octanol–water partition coefficient (Wildman–Crippen LogP) is 2.69. The number of ether oxygens (including phenoxy) is 3. The van der Waals surface area contributed by atoms with E-state index in [0.717, 1.165) is 11.1 Å². The van der Waals surface area contributed by atoms with Crippen molar-refractivity contribution >= 4 is 29.2 Å². The fourth-order valence-electron chi connectivity index (χ4n) is 2.80. The highest BCUT2D eigenvalue weighted by Crippen LogP contribution is 2.39. The summed E-state index contributed by atoms with van der Waals surface area (Å²) in [7, 11) is 1.32. The minimum Gasteiger partial charge on any atom is -0.465 e. The van der Waals surface area contributed by atoms with E-state index in [0.29, 0.717) is 28.3 Å². The number of hydrogen-bond acceptors (Lipinski definition) is 5. The van der Waals surface area contributed by atoms with Gasteiger partial charge in [-0.15, -0.1) is 0 Å². The van der Waals surface area contributed by atoms with Crippen molar-refractivity contribution in [2.24, 2.45) is 0 Å².